The molecule has 1 fully saturated rings. The Morgan fingerprint density at radius 1 is 1.30 bits per heavy atom. The number of para-hydroxylation sites is 2. The lowest BCUT2D eigenvalue weighted by Crippen LogP contribution is -2.53. The molecule has 6 heteroatoms. The molecule has 1 heterocycles. The first-order chi connectivity index (χ1) is 9.38. The van der Waals surface area contributed by atoms with E-state index in [1.54, 1.807) is 18.2 Å². The van der Waals surface area contributed by atoms with Crippen LogP contribution in [0.2, 0.25) is 0 Å². The molecule has 1 aromatic carbocycles. The van der Waals surface area contributed by atoms with E-state index in [4.69, 9.17) is 0 Å². The molecule has 1 aliphatic rings. The zero-order valence-electron chi connectivity index (χ0n) is 11.6. The molecule has 1 aromatic rings. The molecule has 112 valence electrons. The Morgan fingerprint density at radius 3 is 2.65 bits per heavy atom. The summed E-state index contributed by atoms with van der Waals surface area (Å²) in [6.07, 6.45) is -4.67. The van der Waals surface area contributed by atoms with Crippen molar-refractivity contribution in [3.8, 4) is 5.75 Å². The minimum atomic E-state index is -4.67. The largest absolute Gasteiger partial charge is 0.573 e. The molecular weight excluding hydrogens is 269 g/mol. The summed E-state index contributed by atoms with van der Waals surface area (Å²) in [6.45, 7) is 6.32. The third-order valence-corrected chi connectivity index (χ3v) is 3.45. The molecule has 2 rings (SSSR count). The number of halogens is 3. The third-order valence-electron chi connectivity index (χ3n) is 3.45. The lowest BCUT2D eigenvalue weighted by molar-refractivity contribution is -0.274. The minimum Gasteiger partial charge on any atom is -0.404 e. The predicted octanol–water partition coefficient (Wildman–Crippen LogP) is 3.02. The number of anilines is 1. The van der Waals surface area contributed by atoms with E-state index >= 15 is 0 Å². The first kappa shape index (κ1) is 15.0. The van der Waals surface area contributed by atoms with Crippen molar-refractivity contribution in [2.45, 2.75) is 26.3 Å². The molecule has 1 unspecified atom stereocenters. The Morgan fingerprint density at radius 2 is 2.00 bits per heavy atom. The molecule has 1 N–H and O–H groups in total. The average Bonchev–Trinajstić information content (AvgIpc) is 2.37. The molecule has 3 nitrogen and oxygen atoms in total. The Bertz CT molecular complexity index is 448. The molecule has 20 heavy (non-hydrogen) atoms. The van der Waals surface area contributed by atoms with Gasteiger partial charge in [0.25, 0.3) is 0 Å². The highest BCUT2D eigenvalue weighted by molar-refractivity contribution is 5.59. The number of piperazine rings is 1. The van der Waals surface area contributed by atoms with E-state index in [0.717, 1.165) is 13.1 Å². The fourth-order valence-corrected chi connectivity index (χ4v) is 2.53. The van der Waals surface area contributed by atoms with Gasteiger partial charge in [-0.15, -0.1) is 13.2 Å². The number of ether oxygens (including phenoxy) is 1. The van der Waals surface area contributed by atoms with E-state index in [1.807, 2.05) is 4.90 Å². The first-order valence-corrected chi connectivity index (χ1v) is 6.70. The van der Waals surface area contributed by atoms with Gasteiger partial charge in [0.2, 0.25) is 0 Å². The van der Waals surface area contributed by atoms with Crippen molar-refractivity contribution >= 4 is 5.69 Å². The second kappa shape index (κ2) is 5.91. The highest BCUT2D eigenvalue weighted by Crippen LogP contribution is 2.35. The number of hydrogen-bond donors (Lipinski definition) is 1. The maximum absolute atomic E-state index is 12.5. The molecule has 0 aliphatic carbocycles. The standard InChI is InChI=1S/C14H19F3N2O/c1-10(2)12-9-18-7-8-19(12)11-5-3-4-6-13(11)20-14(15,16)17/h3-6,10,12,18H,7-9H2,1-2H3. The SMILES string of the molecule is CC(C)C1CNCCN1c1ccccc1OC(F)(F)F. The van der Waals surface area contributed by atoms with Crippen molar-refractivity contribution in [3.63, 3.8) is 0 Å². The molecule has 1 saturated heterocycles. The summed E-state index contributed by atoms with van der Waals surface area (Å²) in [5, 5.41) is 3.28. The summed E-state index contributed by atoms with van der Waals surface area (Å²) in [6, 6.07) is 6.49. The van der Waals surface area contributed by atoms with Crippen LogP contribution in [0.1, 0.15) is 13.8 Å². The van der Waals surface area contributed by atoms with Gasteiger partial charge >= 0.3 is 6.36 Å². The molecule has 1 aliphatic heterocycles. The molecule has 0 bridgehead atoms. The third kappa shape index (κ3) is 3.56. The van der Waals surface area contributed by atoms with Crippen LogP contribution in [-0.4, -0.2) is 32.0 Å². The van der Waals surface area contributed by atoms with Gasteiger partial charge in [-0.1, -0.05) is 26.0 Å². The quantitative estimate of drug-likeness (QED) is 0.925. The summed E-state index contributed by atoms with van der Waals surface area (Å²) in [7, 11) is 0. The van der Waals surface area contributed by atoms with Gasteiger partial charge in [0.1, 0.15) is 0 Å². The van der Waals surface area contributed by atoms with E-state index < -0.39 is 6.36 Å². The Balaban J connectivity index is 2.30. The van der Waals surface area contributed by atoms with Gasteiger partial charge in [-0.05, 0) is 18.1 Å². The molecule has 0 saturated carbocycles. The molecular formula is C14H19F3N2O. The Hall–Kier alpha value is -1.43. The summed E-state index contributed by atoms with van der Waals surface area (Å²) < 4.78 is 41.6. The van der Waals surface area contributed by atoms with Gasteiger partial charge in [0.15, 0.2) is 5.75 Å². The van der Waals surface area contributed by atoms with Crippen molar-refractivity contribution in [2.24, 2.45) is 5.92 Å². The Labute approximate surface area is 116 Å². The van der Waals surface area contributed by atoms with Crippen molar-refractivity contribution in [1.29, 1.82) is 0 Å². The number of nitrogens with zero attached hydrogens (tertiary/aromatic N) is 1. The highest BCUT2D eigenvalue weighted by Gasteiger charge is 2.34. The molecule has 0 aromatic heterocycles. The van der Waals surface area contributed by atoms with Gasteiger partial charge in [-0.2, -0.15) is 0 Å². The van der Waals surface area contributed by atoms with Crippen LogP contribution in [0.5, 0.6) is 5.75 Å². The van der Waals surface area contributed by atoms with Crippen LogP contribution in [0.15, 0.2) is 24.3 Å². The van der Waals surface area contributed by atoms with Crippen LogP contribution >= 0.6 is 0 Å². The average molecular weight is 288 g/mol. The zero-order chi connectivity index (χ0) is 14.8. The number of hydrogen-bond acceptors (Lipinski definition) is 3. The molecule has 0 amide bonds. The van der Waals surface area contributed by atoms with Crippen molar-refractivity contribution in [2.75, 3.05) is 24.5 Å². The van der Waals surface area contributed by atoms with Gasteiger partial charge in [0, 0.05) is 25.7 Å². The zero-order valence-corrected chi connectivity index (χ0v) is 11.6. The van der Waals surface area contributed by atoms with Crippen molar-refractivity contribution in [3.05, 3.63) is 24.3 Å². The molecule has 0 spiro atoms. The summed E-state index contributed by atoms with van der Waals surface area (Å²) in [5.41, 5.74) is 0.505. The first-order valence-electron chi connectivity index (χ1n) is 6.70. The van der Waals surface area contributed by atoms with Crippen LogP contribution < -0.4 is 15.0 Å². The molecule has 0 radical (unpaired) electrons. The van der Waals surface area contributed by atoms with E-state index in [9.17, 15) is 13.2 Å². The van der Waals surface area contributed by atoms with Gasteiger partial charge in [0.05, 0.1) is 5.69 Å². The second-order valence-electron chi connectivity index (χ2n) is 5.22. The van der Waals surface area contributed by atoms with Gasteiger partial charge in [-0.25, -0.2) is 0 Å². The van der Waals surface area contributed by atoms with E-state index in [1.165, 1.54) is 6.07 Å². The predicted molar refractivity (Wildman–Crippen MR) is 72.0 cm³/mol. The highest BCUT2D eigenvalue weighted by atomic mass is 19.4. The van der Waals surface area contributed by atoms with Crippen molar-refractivity contribution in [1.82, 2.24) is 5.32 Å². The normalized spacial score (nSPS) is 20.3. The smallest absolute Gasteiger partial charge is 0.404 e. The van der Waals surface area contributed by atoms with Gasteiger partial charge in [-0.3, -0.25) is 0 Å². The number of alkyl halides is 3. The lowest BCUT2D eigenvalue weighted by Gasteiger charge is -2.40. The second-order valence-corrected chi connectivity index (χ2v) is 5.22. The van der Waals surface area contributed by atoms with E-state index in [0.29, 0.717) is 18.2 Å². The summed E-state index contributed by atoms with van der Waals surface area (Å²) >= 11 is 0. The van der Waals surface area contributed by atoms with Crippen LogP contribution in [0.25, 0.3) is 0 Å². The van der Waals surface area contributed by atoms with Crippen LogP contribution in [0.4, 0.5) is 18.9 Å². The van der Waals surface area contributed by atoms with E-state index in [-0.39, 0.29) is 11.8 Å². The van der Waals surface area contributed by atoms with E-state index in [2.05, 4.69) is 23.9 Å². The monoisotopic (exact) mass is 288 g/mol. The maximum Gasteiger partial charge on any atom is 0.573 e. The summed E-state index contributed by atoms with van der Waals surface area (Å²) in [5.74, 6) is 0.203. The maximum atomic E-state index is 12.5. The fourth-order valence-electron chi connectivity index (χ4n) is 2.53. The number of benzene rings is 1. The molecule has 1 atom stereocenters. The number of rotatable bonds is 3. The topological polar surface area (TPSA) is 24.5 Å². The Kier molecular flexibility index (Phi) is 4.42. The summed E-state index contributed by atoms with van der Waals surface area (Å²) in [4.78, 5) is 2.00. The fraction of sp³-hybridized carbons (Fsp3) is 0.571. The van der Waals surface area contributed by atoms with Crippen molar-refractivity contribution < 1.29 is 17.9 Å². The number of nitrogens with one attached hydrogen (secondary N) is 1. The van der Waals surface area contributed by atoms with Crippen LogP contribution in [0, 0.1) is 5.92 Å². The minimum absolute atomic E-state index is 0.132. The van der Waals surface area contributed by atoms with Crippen LogP contribution in [-0.2, 0) is 0 Å². The van der Waals surface area contributed by atoms with Crippen LogP contribution in [0.3, 0.4) is 0 Å². The lowest BCUT2D eigenvalue weighted by atomic mass is 9.99. The van der Waals surface area contributed by atoms with Gasteiger partial charge < -0.3 is 15.0 Å².